The number of hydrogen-bond acceptors (Lipinski definition) is 4. The Balaban J connectivity index is 1.44. The Morgan fingerprint density at radius 1 is 1.23 bits per heavy atom. The molecule has 0 atom stereocenters. The van der Waals surface area contributed by atoms with Crippen LogP contribution in [0.5, 0.6) is 5.75 Å². The zero-order valence-electron chi connectivity index (χ0n) is 15.5. The third-order valence-corrected chi connectivity index (χ3v) is 4.76. The van der Waals surface area contributed by atoms with Gasteiger partial charge in [0.15, 0.2) is 0 Å². The number of anilines is 1. The SMILES string of the molecule is CCc1nccn1CCN1CCN(C(=O)Nc2cccc(OC)c2)CC1. The third-order valence-electron chi connectivity index (χ3n) is 4.76. The van der Waals surface area contributed by atoms with Crippen LogP contribution in [0.3, 0.4) is 0 Å². The normalized spacial score (nSPS) is 15.1. The molecular formula is C19H27N5O2. The van der Waals surface area contributed by atoms with Crippen LogP contribution in [-0.4, -0.2) is 65.2 Å². The van der Waals surface area contributed by atoms with Gasteiger partial charge in [0.2, 0.25) is 0 Å². The number of rotatable bonds is 6. The van der Waals surface area contributed by atoms with Crippen LogP contribution in [0.4, 0.5) is 10.5 Å². The van der Waals surface area contributed by atoms with Crippen molar-refractivity contribution in [2.45, 2.75) is 19.9 Å². The van der Waals surface area contributed by atoms with Crippen molar-refractivity contribution in [3.63, 3.8) is 0 Å². The van der Waals surface area contributed by atoms with Crippen LogP contribution in [0.1, 0.15) is 12.7 Å². The van der Waals surface area contributed by atoms with Crippen LogP contribution in [0.2, 0.25) is 0 Å². The minimum Gasteiger partial charge on any atom is -0.497 e. The molecule has 1 aromatic carbocycles. The fraction of sp³-hybridized carbons (Fsp3) is 0.474. The van der Waals surface area contributed by atoms with Crippen molar-refractivity contribution in [3.8, 4) is 5.75 Å². The topological polar surface area (TPSA) is 62.6 Å². The number of imidazole rings is 1. The number of ether oxygens (including phenoxy) is 1. The molecule has 2 aromatic rings. The van der Waals surface area contributed by atoms with E-state index in [1.54, 1.807) is 7.11 Å². The largest absolute Gasteiger partial charge is 0.497 e. The van der Waals surface area contributed by atoms with Crippen LogP contribution in [0, 0.1) is 0 Å². The molecule has 1 aliphatic heterocycles. The lowest BCUT2D eigenvalue weighted by molar-refractivity contribution is 0.144. The van der Waals surface area contributed by atoms with E-state index in [-0.39, 0.29) is 6.03 Å². The lowest BCUT2D eigenvalue weighted by Gasteiger charge is -2.34. The Hall–Kier alpha value is -2.54. The van der Waals surface area contributed by atoms with E-state index in [1.807, 2.05) is 41.6 Å². The molecule has 26 heavy (non-hydrogen) atoms. The highest BCUT2D eigenvalue weighted by Crippen LogP contribution is 2.17. The van der Waals surface area contributed by atoms with Crippen LogP contribution in [0.25, 0.3) is 0 Å². The second-order valence-electron chi connectivity index (χ2n) is 6.38. The van der Waals surface area contributed by atoms with Gasteiger partial charge >= 0.3 is 6.03 Å². The van der Waals surface area contributed by atoms with Crippen molar-refractivity contribution in [2.75, 3.05) is 45.2 Å². The predicted octanol–water partition coefficient (Wildman–Crippen LogP) is 2.30. The Morgan fingerprint density at radius 3 is 2.77 bits per heavy atom. The maximum absolute atomic E-state index is 12.4. The summed E-state index contributed by atoms with van der Waals surface area (Å²) in [7, 11) is 1.62. The van der Waals surface area contributed by atoms with Crippen molar-refractivity contribution >= 4 is 11.7 Å². The van der Waals surface area contributed by atoms with Gasteiger partial charge in [0.05, 0.1) is 7.11 Å². The summed E-state index contributed by atoms with van der Waals surface area (Å²) in [6, 6.07) is 7.37. The van der Waals surface area contributed by atoms with E-state index in [0.29, 0.717) is 0 Å². The number of hydrogen-bond donors (Lipinski definition) is 1. The summed E-state index contributed by atoms with van der Waals surface area (Å²) in [5, 5.41) is 2.95. The molecule has 2 heterocycles. The first-order chi connectivity index (χ1) is 12.7. The quantitative estimate of drug-likeness (QED) is 0.862. The van der Waals surface area contributed by atoms with Crippen LogP contribution in [0.15, 0.2) is 36.7 Å². The maximum atomic E-state index is 12.4. The molecule has 1 saturated heterocycles. The molecule has 0 radical (unpaired) electrons. The van der Waals surface area contributed by atoms with Gasteiger partial charge in [-0.05, 0) is 12.1 Å². The summed E-state index contributed by atoms with van der Waals surface area (Å²) < 4.78 is 7.40. The van der Waals surface area contributed by atoms with Crippen molar-refractivity contribution in [1.29, 1.82) is 0 Å². The first-order valence-corrected chi connectivity index (χ1v) is 9.12. The number of benzene rings is 1. The third kappa shape index (κ3) is 4.54. The molecule has 0 aliphatic carbocycles. The molecule has 0 unspecified atom stereocenters. The minimum absolute atomic E-state index is 0.0548. The lowest BCUT2D eigenvalue weighted by atomic mass is 10.3. The zero-order chi connectivity index (χ0) is 18.4. The van der Waals surface area contributed by atoms with E-state index < -0.39 is 0 Å². The van der Waals surface area contributed by atoms with Crippen molar-refractivity contribution in [3.05, 3.63) is 42.5 Å². The van der Waals surface area contributed by atoms with Gasteiger partial charge in [0, 0.05) is 69.8 Å². The summed E-state index contributed by atoms with van der Waals surface area (Å²) in [6.07, 6.45) is 4.85. The highest BCUT2D eigenvalue weighted by molar-refractivity contribution is 5.89. The van der Waals surface area contributed by atoms with Crippen molar-refractivity contribution in [2.24, 2.45) is 0 Å². The van der Waals surface area contributed by atoms with Gasteiger partial charge in [-0.15, -0.1) is 0 Å². The number of carbonyl (C=O) groups is 1. The minimum atomic E-state index is -0.0548. The van der Waals surface area contributed by atoms with E-state index in [2.05, 4.69) is 26.7 Å². The Bertz CT molecular complexity index is 722. The Kier molecular flexibility index (Phi) is 6.12. The molecule has 0 saturated carbocycles. The van der Waals surface area contributed by atoms with E-state index in [1.165, 1.54) is 0 Å². The molecule has 2 amide bonds. The zero-order valence-corrected chi connectivity index (χ0v) is 15.5. The predicted molar refractivity (Wildman–Crippen MR) is 102 cm³/mol. The number of carbonyl (C=O) groups excluding carboxylic acids is 1. The monoisotopic (exact) mass is 357 g/mol. The van der Waals surface area contributed by atoms with Gasteiger partial charge in [-0.2, -0.15) is 0 Å². The van der Waals surface area contributed by atoms with Gasteiger partial charge in [-0.1, -0.05) is 13.0 Å². The summed E-state index contributed by atoms with van der Waals surface area (Å²) in [4.78, 5) is 21.1. The Labute approximate surface area is 154 Å². The molecule has 1 fully saturated rings. The fourth-order valence-electron chi connectivity index (χ4n) is 3.19. The fourth-order valence-corrected chi connectivity index (χ4v) is 3.19. The lowest BCUT2D eigenvalue weighted by Crippen LogP contribution is -2.50. The van der Waals surface area contributed by atoms with Gasteiger partial charge in [0.25, 0.3) is 0 Å². The van der Waals surface area contributed by atoms with Crippen LogP contribution >= 0.6 is 0 Å². The molecule has 3 rings (SSSR count). The van der Waals surface area contributed by atoms with Crippen LogP contribution < -0.4 is 10.1 Å². The molecule has 140 valence electrons. The number of urea groups is 1. The average Bonchev–Trinajstić information content (AvgIpc) is 3.14. The summed E-state index contributed by atoms with van der Waals surface area (Å²) in [6.45, 7) is 7.30. The molecule has 1 aromatic heterocycles. The molecule has 0 bridgehead atoms. The molecule has 1 aliphatic rings. The highest BCUT2D eigenvalue weighted by atomic mass is 16.5. The number of aromatic nitrogens is 2. The second kappa shape index (κ2) is 8.71. The standard InChI is InChI=1S/C19H27N5O2/c1-3-18-20-7-8-23(18)12-9-22-10-13-24(14-11-22)19(25)21-16-5-4-6-17(15-16)26-2/h4-8,15H,3,9-14H2,1-2H3,(H,21,25). The first kappa shape index (κ1) is 18.3. The molecule has 7 heteroatoms. The number of nitrogens with one attached hydrogen (secondary N) is 1. The molecule has 0 spiro atoms. The average molecular weight is 357 g/mol. The summed E-state index contributed by atoms with van der Waals surface area (Å²) >= 11 is 0. The number of piperazine rings is 1. The summed E-state index contributed by atoms with van der Waals surface area (Å²) in [5.74, 6) is 1.86. The van der Waals surface area contributed by atoms with Gasteiger partial charge in [-0.3, -0.25) is 4.90 Å². The number of nitrogens with zero attached hydrogens (tertiary/aromatic N) is 4. The molecular weight excluding hydrogens is 330 g/mol. The number of aryl methyl sites for hydroxylation is 1. The van der Waals surface area contributed by atoms with Gasteiger partial charge in [0.1, 0.15) is 11.6 Å². The van der Waals surface area contributed by atoms with Gasteiger partial charge < -0.3 is 19.5 Å². The van der Waals surface area contributed by atoms with E-state index in [0.717, 1.165) is 63.0 Å². The van der Waals surface area contributed by atoms with E-state index in [9.17, 15) is 4.79 Å². The smallest absolute Gasteiger partial charge is 0.321 e. The first-order valence-electron chi connectivity index (χ1n) is 9.12. The number of methoxy groups -OCH3 is 1. The van der Waals surface area contributed by atoms with Crippen molar-refractivity contribution in [1.82, 2.24) is 19.4 Å². The highest BCUT2D eigenvalue weighted by Gasteiger charge is 2.21. The second-order valence-corrected chi connectivity index (χ2v) is 6.38. The van der Waals surface area contributed by atoms with E-state index in [4.69, 9.17) is 4.74 Å². The van der Waals surface area contributed by atoms with Gasteiger partial charge in [-0.25, -0.2) is 9.78 Å². The van der Waals surface area contributed by atoms with Crippen molar-refractivity contribution < 1.29 is 9.53 Å². The Morgan fingerprint density at radius 2 is 2.04 bits per heavy atom. The summed E-state index contributed by atoms with van der Waals surface area (Å²) in [5.41, 5.74) is 0.754. The van der Waals surface area contributed by atoms with E-state index >= 15 is 0 Å². The molecule has 7 nitrogen and oxygen atoms in total. The molecule has 1 N–H and O–H groups in total. The number of amides is 2. The van der Waals surface area contributed by atoms with Crippen LogP contribution in [-0.2, 0) is 13.0 Å². The maximum Gasteiger partial charge on any atom is 0.321 e.